The van der Waals surface area contributed by atoms with Crippen molar-refractivity contribution < 1.29 is 8.42 Å². The smallest absolute Gasteiger partial charge is 0.238 e. The minimum Gasteiger partial charge on any atom is -0.251 e. The molecule has 5 nitrogen and oxygen atoms in total. The Bertz CT molecular complexity index is 453. The summed E-state index contributed by atoms with van der Waals surface area (Å²) < 4.78 is 25.5. The van der Waals surface area contributed by atoms with Crippen molar-refractivity contribution in [1.82, 2.24) is 9.97 Å². The second-order valence-electron chi connectivity index (χ2n) is 3.93. The Hall–Kier alpha value is -0.880. The highest BCUT2D eigenvalue weighted by molar-refractivity contribution is 7.92. The minimum atomic E-state index is -3.40. The van der Waals surface area contributed by atoms with Gasteiger partial charge in [-0.3, -0.25) is 4.72 Å². The van der Waals surface area contributed by atoms with E-state index in [1.807, 2.05) is 13.8 Å². The number of hydrogen-bond acceptors (Lipinski definition) is 4. The standard InChI is InChI=1S/C9H14ClN3O2S/c1-6(2)5-16(14,15)13-9-11-7(3)4-8(10)12-9/h4,6H,5H2,1-3H3,(H,11,12,13). The summed E-state index contributed by atoms with van der Waals surface area (Å²) in [5, 5.41) is 0.217. The zero-order chi connectivity index (χ0) is 12.3. The highest BCUT2D eigenvalue weighted by atomic mass is 35.5. The van der Waals surface area contributed by atoms with Crippen molar-refractivity contribution in [2.45, 2.75) is 20.8 Å². The van der Waals surface area contributed by atoms with Gasteiger partial charge in [0.1, 0.15) is 5.15 Å². The summed E-state index contributed by atoms with van der Waals surface area (Å²) in [6.07, 6.45) is 0. The molecule has 0 atom stereocenters. The number of sulfonamides is 1. The SMILES string of the molecule is Cc1cc(Cl)nc(NS(=O)(=O)CC(C)C)n1. The molecule has 0 saturated heterocycles. The molecule has 16 heavy (non-hydrogen) atoms. The Morgan fingerprint density at radius 2 is 2.06 bits per heavy atom. The van der Waals surface area contributed by atoms with Gasteiger partial charge in [-0.1, -0.05) is 25.4 Å². The molecule has 0 fully saturated rings. The van der Waals surface area contributed by atoms with Crippen LogP contribution in [0, 0.1) is 12.8 Å². The molecule has 0 amide bonds. The summed E-state index contributed by atoms with van der Waals surface area (Å²) in [4.78, 5) is 7.73. The number of halogens is 1. The zero-order valence-electron chi connectivity index (χ0n) is 9.36. The van der Waals surface area contributed by atoms with E-state index in [1.165, 1.54) is 0 Å². The summed E-state index contributed by atoms with van der Waals surface area (Å²) in [7, 11) is -3.40. The molecule has 7 heteroatoms. The van der Waals surface area contributed by atoms with E-state index in [1.54, 1.807) is 13.0 Å². The first-order valence-electron chi connectivity index (χ1n) is 4.80. The van der Waals surface area contributed by atoms with Crippen LogP contribution < -0.4 is 4.72 Å². The lowest BCUT2D eigenvalue weighted by Gasteiger charge is -2.08. The van der Waals surface area contributed by atoms with E-state index < -0.39 is 10.0 Å². The Labute approximate surface area is 100 Å². The van der Waals surface area contributed by atoms with E-state index in [0.29, 0.717) is 5.69 Å². The van der Waals surface area contributed by atoms with Gasteiger partial charge in [0.2, 0.25) is 16.0 Å². The summed E-state index contributed by atoms with van der Waals surface area (Å²) >= 11 is 5.70. The summed E-state index contributed by atoms with van der Waals surface area (Å²) in [5.74, 6) is 0.0884. The molecule has 0 unspecified atom stereocenters. The minimum absolute atomic E-state index is 0.0191. The average Bonchev–Trinajstić information content (AvgIpc) is 1.95. The zero-order valence-corrected chi connectivity index (χ0v) is 10.9. The van der Waals surface area contributed by atoms with E-state index in [-0.39, 0.29) is 22.8 Å². The number of aromatic nitrogens is 2. The summed E-state index contributed by atoms with van der Waals surface area (Å²) in [5.41, 5.74) is 0.613. The van der Waals surface area contributed by atoms with Crippen LogP contribution in [0.3, 0.4) is 0 Å². The third-order valence-electron chi connectivity index (χ3n) is 1.62. The number of aryl methyl sites for hydroxylation is 1. The van der Waals surface area contributed by atoms with Gasteiger partial charge in [0.25, 0.3) is 0 Å². The van der Waals surface area contributed by atoms with Crippen LogP contribution >= 0.6 is 11.6 Å². The van der Waals surface area contributed by atoms with E-state index in [4.69, 9.17) is 11.6 Å². The lowest BCUT2D eigenvalue weighted by molar-refractivity contribution is 0.587. The molecule has 0 radical (unpaired) electrons. The van der Waals surface area contributed by atoms with Crippen LogP contribution in [0.15, 0.2) is 6.07 Å². The van der Waals surface area contributed by atoms with E-state index in [2.05, 4.69) is 14.7 Å². The monoisotopic (exact) mass is 263 g/mol. The van der Waals surface area contributed by atoms with Gasteiger partial charge in [-0.05, 0) is 18.9 Å². The van der Waals surface area contributed by atoms with Gasteiger partial charge in [0, 0.05) is 5.69 Å². The summed E-state index contributed by atoms with van der Waals surface area (Å²) in [6, 6.07) is 1.56. The van der Waals surface area contributed by atoms with E-state index in [0.717, 1.165) is 0 Å². The topological polar surface area (TPSA) is 72.0 Å². The van der Waals surface area contributed by atoms with Crippen molar-refractivity contribution in [2.75, 3.05) is 10.5 Å². The van der Waals surface area contributed by atoms with Crippen molar-refractivity contribution in [3.05, 3.63) is 16.9 Å². The average molecular weight is 264 g/mol. The molecule has 1 heterocycles. The van der Waals surface area contributed by atoms with Gasteiger partial charge >= 0.3 is 0 Å². The van der Waals surface area contributed by atoms with Gasteiger partial charge < -0.3 is 0 Å². The fourth-order valence-electron chi connectivity index (χ4n) is 1.20. The first kappa shape index (κ1) is 13.2. The maximum Gasteiger partial charge on any atom is 0.238 e. The third kappa shape index (κ3) is 4.32. The van der Waals surface area contributed by atoms with Gasteiger partial charge in [0.15, 0.2) is 0 Å². The second-order valence-corrected chi connectivity index (χ2v) is 6.09. The highest BCUT2D eigenvalue weighted by Gasteiger charge is 2.14. The molecular formula is C9H14ClN3O2S. The van der Waals surface area contributed by atoms with Crippen LogP contribution in [0.2, 0.25) is 5.15 Å². The van der Waals surface area contributed by atoms with Crippen molar-refractivity contribution in [2.24, 2.45) is 5.92 Å². The molecule has 0 aliphatic carbocycles. The van der Waals surface area contributed by atoms with Gasteiger partial charge in [-0.25, -0.2) is 18.4 Å². The Kier molecular flexibility index (Phi) is 4.09. The molecule has 0 bridgehead atoms. The molecule has 0 aliphatic heterocycles. The van der Waals surface area contributed by atoms with Crippen molar-refractivity contribution in [3.8, 4) is 0 Å². The van der Waals surface area contributed by atoms with Crippen molar-refractivity contribution >= 4 is 27.6 Å². The quantitative estimate of drug-likeness (QED) is 0.842. The van der Waals surface area contributed by atoms with Crippen LogP contribution in [-0.2, 0) is 10.0 Å². The summed E-state index contributed by atoms with van der Waals surface area (Å²) in [6.45, 7) is 5.36. The van der Waals surface area contributed by atoms with E-state index in [9.17, 15) is 8.42 Å². The molecule has 0 aromatic carbocycles. The van der Waals surface area contributed by atoms with E-state index >= 15 is 0 Å². The number of nitrogens with one attached hydrogen (secondary N) is 1. The maximum absolute atomic E-state index is 11.6. The Morgan fingerprint density at radius 1 is 1.44 bits per heavy atom. The van der Waals surface area contributed by atoms with Crippen LogP contribution in [0.25, 0.3) is 0 Å². The third-order valence-corrected chi connectivity index (χ3v) is 3.42. The first-order chi connectivity index (χ1) is 7.28. The van der Waals surface area contributed by atoms with Crippen LogP contribution in [0.4, 0.5) is 5.95 Å². The largest absolute Gasteiger partial charge is 0.251 e. The van der Waals surface area contributed by atoms with Gasteiger partial charge in [-0.15, -0.1) is 0 Å². The second kappa shape index (κ2) is 4.97. The molecule has 90 valence electrons. The van der Waals surface area contributed by atoms with Gasteiger partial charge in [0.05, 0.1) is 5.75 Å². The van der Waals surface area contributed by atoms with Gasteiger partial charge in [-0.2, -0.15) is 0 Å². The lowest BCUT2D eigenvalue weighted by atomic mass is 10.3. The van der Waals surface area contributed by atoms with Crippen LogP contribution in [0.5, 0.6) is 0 Å². The highest BCUT2D eigenvalue weighted by Crippen LogP contribution is 2.11. The maximum atomic E-state index is 11.6. The molecule has 1 N–H and O–H groups in total. The number of anilines is 1. The predicted octanol–water partition coefficient (Wildman–Crippen LogP) is 1.84. The fourth-order valence-corrected chi connectivity index (χ4v) is 2.76. The van der Waals surface area contributed by atoms with Crippen molar-refractivity contribution in [3.63, 3.8) is 0 Å². The normalized spacial score (nSPS) is 11.8. The molecule has 1 aromatic rings. The van der Waals surface area contributed by atoms with Crippen molar-refractivity contribution in [1.29, 1.82) is 0 Å². The first-order valence-corrected chi connectivity index (χ1v) is 6.83. The number of hydrogen-bond donors (Lipinski definition) is 1. The molecule has 0 saturated carbocycles. The molecular weight excluding hydrogens is 250 g/mol. The fraction of sp³-hybridized carbons (Fsp3) is 0.556. The number of rotatable bonds is 4. The molecule has 0 aliphatic rings. The van der Waals surface area contributed by atoms with Crippen LogP contribution in [-0.4, -0.2) is 24.1 Å². The molecule has 1 rings (SSSR count). The predicted molar refractivity (Wildman–Crippen MR) is 64.0 cm³/mol. The van der Waals surface area contributed by atoms with Crippen LogP contribution in [0.1, 0.15) is 19.5 Å². The molecule has 0 spiro atoms. The molecule has 1 aromatic heterocycles. The Morgan fingerprint density at radius 3 is 2.56 bits per heavy atom. The number of nitrogens with zero attached hydrogens (tertiary/aromatic N) is 2. The Balaban J connectivity index is 2.88. The lowest BCUT2D eigenvalue weighted by Crippen LogP contribution is -2.21.